The molecule has 0 aliphatic heterocycles. The number of nitrogen functional groups attached to an aromatic ring is 1. The summed E-state index contributed by atoms with van der Waals surface area (Å²) < 4.78 is 0. The summed E-state index contributed by atoms with van der Waals surface area (Å²) in [4.78, 5) is 4.26. The van der Waals surface area contributed by atoms with Gasteiger partial charge in [0.1, 0.15) is 0 Å². The van der Waals surface area contributed by atoms with Crippen LogP contribution >= 0.6 is 0 Å². The first-order valence-corrected chi connectivity index (χ1v) is 4.54. The van der Waals surface area contributed by atoms with E-state index >= 15 is 0 Å². The van der Waals surface area contributed by atoms with Crippen molar-refractivity contribution in [1.82, 2.24) is 4.98 Å². The Balaban J connectivity index is 3.18. The van der Waals surface area contributed by atoms with Crippen LogP contribution in [0.1, 0.15) is 37.9 Å². The van der Waals surface area contributed by atoms with Gasteiger partial charge in [-0.1, -0.05) is 26.0 Å². The first-order valence-electron chi connectivity index (χ1n) is 4.54. The largest absolute Gasteiger partial charge is 0.397 e. The van der Waals surface area contributed by atoms with Gasteiger partial charge in [-0.2, -0.15) is 0 Å². The molecule has 0 aromatic carbocycles. The lowest BCUT2D eigenvalue weighted by Gasteiger charge is -2.09. The highest BCUT2D eigenvalue weighted by Gasteiger charge is 2.07. The number of pyridine rings is 1. The summed E-state index contributed by atoms with van der Waals surface area (Å²) in [7, 11) is 0. The Hall–Kier alpha value is -1.31. The topological polar surface area (TPSA) is 38.9 Å². The Kier molecular flexibility index (Phi) is 3.07. The molecular formula is C11H16N2. The van der Waals surface area contributed by atoms with Gasteiger partial charge in [-0.3, -0.25) is 4.98 Å². The highest BCUT2D eigenvalue weighted by Crippen LogP contribution is 2.23. The van der Waals surface area contributed by atoms with Crippen molar-refractivity contribution >= 4 is 11.8 Å². The van der Waals surface area contributed by atoms with E-state index < -0.39 is 0 Å². The van der Waals surface area contributed by atoms with Crippen molar-refractivity contribution in [2.45, 2.75) is 26.7 Å². The molecule has 0 saturated carbocycles. The maximum absolute atomic E-state index is 5.96. The third-order valence-electron chi connectivity index (χ3n) is 1.95. The molecule has 70 valence electrons. The molecule has 0 bridgehead atoms. The van der Waals surface area contributed by atoms with Crippen LogP contribution in [0.4, 0.5) is 5.69 Å². The van der Waals surface area contributed by atoms with E-state index in [1.807, 2.05) is 25.1 Å². The fraction of sp³-hybridized carbons (Fsp3) is 0.364. The van der Waals surface area contributed by atoms with Gasteiger partial charge in [-0.25, -0.2) is 0 Å². The lowest BCUT2D eigenvalue weighted by atomic mass is 10.0. The van der Waals surface area contributed by atoms with Crippen molar-refractivity contribution in [3.63, 3.8) is 0 Å². The first kappa shape index (κ1) is 9.78. The van der Waals surface area contributed by atoms with Crippen LogP contribution in [0.15, 0.2) is 18.3 Å². The van der Waals surface area contributed by atoms with Gasteiger partial charge in [0, 0.05) is 11.8 Å². The fourth-order valence-electron chi connectivity index (χ4n) is 1.29. The molecule has 1 aromatic heterocycles. The normalized spacial score (nSPS) is 11.4. The monoisotopic (exact) mass is 176 g/mol. The van der Waals surface area contributed by atoms with Crippen molar-refractivity contribution < 1.29 is 0 Å². The second-order valence-electron chi connectivity index (χ2n) is 3.35. The average molecular weight is 176 g/mol. The molecule has 0 aliphatic carbocycles. The summed E-state index contributed by atoms with van der Waals surface area (Å²) in [6.07, 6.45) is 5.79. The van der Waals surface area contributed by atoms with Crippen LogP contribution in [0.5, 0.6) is 0 Å². The molecular weight excluding hydrogens is 160 g/mol. The van der Waals surface area contributed by atoms with E-state index in [1.54, 1.807) is 6.20 Å². The SMILES string of the molecule is C/C=C/c1ccnc(C(C)C)c1N. The van der Waals surface area contributed by atoms with Crippen molar-refractivity contribution in [3.05, 3.63) is 29.6 Å². The van der Waals surface area contributed by atoms with Crippen molar-refractivity contribution in [1.29, 1.82) is 0 Å². The summed E-state index contributed by atoms with van der Waals surface area (Å²) >= 11 is 0. The van der Waals surface area contributed by atoms with Crippen LogP contribution in [0.2, 0.25) is 0 Å². The number of anilines is 1. The van der Waals surface area contributed by atoms with E-state index in [2.05, 4.69) is 18.8 Å². The minimum absolute atomic E-state index is 0.380. The van der Waals surface area contributed by atoms with Gasteiger partial charge >= 0.3 is 0 Å². The van der Waals surface area contributed by atoms with E-state index in [-0.39, 0.29) is 0 Å². The molecule has 0 unspecified atom stereocenters. The van der Waals surface area contributed by atoms with Crippen LogP contribution in [0.25, 0.3) is 6.08 Å². The average Bonchev–Trinajstić information content (AvgIpc) is 2.08. The molecule has 2 N–H and O–H groups in total. The summed E-state index contributed by atoms with van der Waals surface area (Å²) in [5.41, 5.74) is 8.80. The molecule has 1 heterocycles. The number of aromatic nitrogens is 1. The lowest BCUT2D eigenvalue weighted by Crippen LogP contribution is -2.01. The van der Waals surface area contributed by atoms with Crippen LogP contribution in [-0.2, 0) is 0 Å². The third kappa shape index (κ3) is 2.08. The molecule has 2 nitrogen and oxygen atoms in total. The van der Waals surface area contributed by atoms with Gasteiger partial charge in [-0.15, -0.1) is 0 Å². The fourth-order valence-corrected chi connectivity index (χ4v) is 1.29. The maximum Gasteiger partial charge on any atom is 0.0664 e. The number of rotatable bonds is 2. The van der Waals surface area contributed by atoms with Crippen molar-refractivity contribution in [2.75, 3.05) is 5.73 Å². The molecule has 2 heteroatoms. The zero-order valence-electron chi connectivity index (χ0n) is 8.41. The predicted octanol–water partition coefficient (Wildman–Crippen LogP) is 2.82. The molecule has 0 radical (unpaired) electrons. The number of nitrogens with zero attached hydrogens (tertiary/aromatic N) is 1. The quantitative estimate of drug-likeness (QED) is 0.752. The summed E-state index contributed by atoms with van der Waals surface area (Å²) in [6.45, 7) is 6.17. The smallest absolute Gasteiger partial charge is 0.0664 e. The number of nitrogens with two attached hydrogens (primary N) is 1. The molecule has 13 heavy (non-hydrogen) atoms. The Labute approximate surface area is 79.5 Å². The van der Waals surface area contributed by atoms with Gasteiger partial charge in [0.2, 0.25) is 0 Å². The Morgan fingerprint density at radius 2 is 2.15 bits per heavy atom. The van der Waals surface area contributed by atoms with Crippen LogP contribution in [0.3, 0.4) is 0 Å². The minimum Gasteiger partial charge on any atom is -0.397 e. The standard InChI is InChI=1S/C11H16N2/c1-4-5-9-6-7-13-11(8(2)3)10(9)12/h4-8H,12H2,1-3H3/b5-4+. The highest BCUT2D eigenvalue weighted by molar-refractivity contribution is 5.66. The molecule has 1 rings (SSSR count). The summed E-state index contributed by atoms with van der Waals surface area (Å²) in [6, 6.07) is 1.93. The van der Waals surface area contributed by atoms with E-state index in [9.17, 15) is 0 Å². The third-order valence-corrected chi connectivity index (χ3v) is 1.95. The van der Waals surface area contributed by atoms with E-state index in [1.165, 1.54) is 0 Å². The first-order chi connectivity index (χ1) is 6.16. The molecule has 0 amide bonds. The van der Waals surface area contributed by atoms with Crippen molar-refractivity contribution in [3.8, 4) is 0 Å². The van der Waals surface area contributed by atoms with E-state index in [0.29, 0.717) is 5.92 Å². The molecule has 0 aliphatic rings. The maximum atomic E-state index is 5.96. The Bertz CT molecular complexity index is 314. The van der Waals surface area contributed by atoms with Crippen molar-refractivity contribution in [2.24, 2.45) is 0 Å². The summed E-state index contributed by atoms with van der Waals surface area (Å²) in [5, 5.41) is 0. The van der Waals surface area contributed by atoms with Gasteiger partial charge < -0.3 is 5.73 Å². The number of allylic oxidation sites excluding steroid dienone is 1. The zero-order chi connectivity index (χ0) is 9.84. The molecule has 1 aromatic rings. The molecule has 0 saturated heterocycles. The Morgan fingerprint density at radius 3 is 2.69 bits per heavy atom. The summed E-state index contributed by atoms with van der Waals surface area (Å²) in [5.74, 6) is 0.380. The number of hydrogen-bond donors (Lipinski definition) is 1. The number of hydrogen-bond acceptors (Lipinski definition) is 2. The van der Waals surface area contributed by atoms with Gasteiger partial charge in [0.15, 0.2) is 0 Å². The molecule has 0 spiro atoms. The van der Waals surface area contributed by atoms with Gasteiger partial charge in [0.25, 0.3) is 0 Å². The molecule has 0 fully saturated rings. The van der Waals surface area contributed by atoms with Gasteiger partial charge in [0.05, 0.1) is 11.4 Å². The van der Waals surface area contributed by atoms with E-state index in [0.717, 1.165) is 16.9 Å². The van der Waals surface area contributed by atoms with Crippen LogP contribution in [-0.4, -0.2) is 4.98 Å². The predicted molar refractivity (Wildman–Crippen MR) is 57.4 cm³/mol. The van der Waals surface area contributed by atoms with Crippen LogP contribution in [0, 0.1) is 0 Å². The minimum atomic E-state index is 0.380. The zero-order valence-corrected chi connectivity index (χ0v) is 8.41. The van der Waals surface area contributed by atoms with E-state index in [4.69, 9.17) is 5.73 Å². The second-order valence-corrected chi connectivity index (χ2v) is 3.35. The lowest BCUT2D eigenvalue weighted by molar-refractivity contribution is 0.826. The highest BCUT2D eigenvalue weighted by atomic mass is 14.7. The van der Waals surface area contributed by atoms with Crippen LogP contribution < -0.4 is 5.73 Å². The molecule has 0 atom stereocenters. The second kappa shape index (κ2) is 4.08. The Morgan fingerprint density at radius 1 is 1.46 bits per heavy atom. The van der Waals surface area contributed by atoms with Gasteiger partial charge in [-0.05, 0) is 18.9 Å².